The molecule has 9 heteroatoms. The van der Waals surface area contributed by atoms with E-state index in [1.54, 1.807) is 0 Å². The number of aromatic nitrogens is 4. The van der Waals surface area contributed by atoms with Gasteiger partial charge in [0.15, 0.2) is 17.0 Å². The molecule has 2 aromatic heterocycles. The molecular weight excluding hydrogens is 326 g/mol. The molecule has 9 nitrogen and oxygen atoms in total. The highest BCUT2D eigenvalue weighted by molar-refractivity contribution is 5.97. The fourth-order valence-electron chi connectivity index (χ4n) is 2.84. The first kappa shape index (κ1) is 19.1. The highest BCUT2D eigenvalue weighted by Crippen LogP contribution is 2.21. The van der Waals surface area contributed by atoms with Crippen molar-refractivity contribution in [3.8, 4) is 0 Å². The van der Waals surface area contributed by atoms with Crippen LogP contribution in [-0.2, 0) is 11.5 Å². The molecular formula is C16H25N5O4. The Bertz CT molecular complexity index is 777. The summed E-state index contributed by atoms with van der Waals surface area (Å²) in [6.07, 6.45) is 3.26. The van der Waals surface area contributed by atoms with E-state index in [-0.39, 0.29) is 54.6 Å². The number of imidazole rings is 1. The van der Waals surface area contributed by atoms with E-state index in [1.807, 2.05) is 13.8 Å². The van der Waals surface area contributed by atoms with E-state index in [4.69, 9.17) is 15.6 Å². The molecule has 0 aliphatic rings. The van der Waals surface area contributed by atoms with Gasteiger partial charge in [-0.1, -0.05) is 26.7 Å². The van der Waals surface area contributed by atoms with Crippen LogP contribution in [-0.4, -0.2) is 43.6 Å². The van der Waals surface area contributed by atoms with Crippen LogP contribution in [0.3, 0.4) is 0 Å². The minimum Gasteiger partial charge on any atom is -0.394 e. The molecule has 0 aliphatic heterocycles. The molecule has 0 unspecified atom stereocenters. The maximum Gasteiger partial charge on any atom is 0.280 e. The number of carbonyl (C=O) groups excluding carboxylic acids is 1. The number of aromatic amines is 1. The van der Waals surface area contributed by atoms with E-state index in [1.165, 1.54) is 4.57 Å². The van der Waals surface area contributed by atoms with Gasteiger partial charge >= 0.3 is 0 Å². The number of hydrogen-bond donors (Lipinski definition) is 3. The van der Waals surface area contributed by atoms with Crippen LogP contribution in [0.5, 0.6) is 0 Å². The van der Waals surface area contributed by atoms with Crippen LogP contribution in [0.15, 0.2) is 4.79 Å². The molecule has 0 amide bonds. The number of Topliss-reactive ketones (excluding diaryl/α,β-unsaturated/α-hetero) is 1. The van der Waals surface area contributed by atoms with Gasteiger partial charge in [0.25, 0.3) is 5.56 Å². The van der Waals surface area contributed by atoms with E-state index >= 15 is 0 Å². The topological polar surface area (TPSA) is 136 Å². The molecule has 4 N–H and O–H groups in total. The third kappa shape index (κ3) is 4.23. The molecule has 0 atom stereocenters. The first-order valence-corrected chi connectivity index (χ1v) is 8.52. The van der Waals surface area contributed by atoms with Crippen LogP contribution in [0.1, 0.15) is 50.1 Å². The van der Waals surface area contributed by atoms with Gasteiger partial charge in [-0.05, 0) is 12.8 Å². The van der Waals surface area contributed by atoms with Crippen molar-refractivity contribution in [3.63, 3.8) is 0 Å². The Morgan fingerprint density at radius 2 is 2.00 bits per heavy atom. The van der Waals surface area contributed by atoms with E-state index in [0.29, 0.717) is 0 Å². The Morgan fingerprint density at radius 1 is 1.32 bits per heavy atom. The Kier molecular flexibility index (Phi) is 6.65. The SMILES string of the molecule is CCCC(CCC)C(=O)c1nc2c(=O)[nH]c(N)nc2n1COCCO. The Morgan fingerprint density at radius 3 is 2.60 bits per heavy atom. The van der Waals surface area contributed by atoms with Crippen molar-refractivity contribution in [2.75, 3.05) is 18.9 Å². The average molecular weight is 351 g/mol. The molecule has 0 aromatic carbocycles. The summed E-state index contributed by atoms with van der Waals surface area (Å²) < 4.78 is 6.79. The number of ether oxygens (including phenoxy) is 1. The number of ketones is 1. The molecule has 0 spiro atoms. The third-order valence-electron chi connectivity index (χ3n) is 3.95. The second-order valence-corrected chi connectivity index (χ2v) is 5.89. The standard InChI is InChI=1S/C16H25N5O4/c1-3-5-10(6-4-2)12(23)14-18-11-13(19-16(17)20-15(11)24)21(14)9-25-8-7-22/h10,22H,3-9H2,1-2H3,(H3,17,19,20,24). The molecule has 0 saturated heterocycles. The number of nitrogen functional groups attached to an aromatic ring is 1. The number of carbonyl (C=O) groups is 1. The van der Waals surface area contributed by atoms with Crippen molar-refractivity contribution in [2.24, 2.45) is 5.92 Å². The molecule has 0 radical (unpaired) electrons. The summed E-state index contributed by atoms with van der Waals surface area (Å²) in [6.45, 7) is 3.95. The van der Waals surface area contributed by atoms with Crippen molar-refractivity contribution < 1.29 is 14.6 Å². The second-order valence-electron chi connectivity index (χ2n) is 5.89. The number of H-pyrrole nitrogens is 1. The monoisotopic (exact) mass is 351 g/mol. The molecule has 2 rings (SSSR count). The van der Waals surface area contributed by atoms with Crippen molar-refractivity contribution in [1.82, 2.24) is 19.5 Å². The van der Waals surface area contributed by atoms with Gasteiger partial charge in [-0.15, -0.1) is 0 Å². The van der Waals surface area contributed by atoms with Crippen LogP contribution in [0.25, 0.3) is 11.2 Å². The predicted octanol–water partition coefficient (Wildman–Crippen LogP) is 1.07. The van der Waals surface area contributed by atoms with Crippen molar-refractivity contribution in [3.05, 3.63) is 16.2 Å². The van der Waals surface area contributed by atoms with E-state index in [0.717, 1.165) is 25.7 Å². The highest BCUT2D eigenvalue weighted by atomic mass is 16.5. The van der Waals surface area contributed by atoms with Gasteiger partial charge in [-0.3, -0.25) is 19.1 Å². The third-order valence-corrected chi connectivity index (χ3v) is 3.95. The molecule has 25 heavy (non-hydrogen) atoms. The quantitative estimate of drug-likeness (QED) is 0.430. The average Bonchev–Trinajstić information content (AvgIpc) is 2.93. The zero-order valence-electron chi connectivity index (χ0n) is 14.6. The maximum atomic E-state index is 13.0. The largest absolute Gasteiger partial charge is 0.394 e. The molecule has 0 bridgehead atoms. The molecule has 138 valence electrons. The first-order valence-electron chi connectivity index (χ1n) is 8.52. The number of nitrogens with one attached hydrogen (secondary N) is 1. The number of nitrogens with two attached hydrogens (primary N) is 1. The molecule has 0 fully saturated rings. The normalized spacial score (nSPS) is 11.5. The summed E-state index contributed by atoms with van der Waals surface area (Å²) in [7, 11) is 0. The zero-order chi connectivity index (χ0) is 18.4. The molecule has 2 heterocycles. The summed E-state index contributed by atoms with van der Waals surface area (Å²) in [4.78, 5) is 35.8. The Labute approximate surface area is 145 Å². The fraction of sp³-hybridized carbons (Fsp3) is 0.625. The van der Waals surface area contributed by atoms with Gasteiger partial charge < -0.3 is 15.6 Å². The number of aliphatic hydroxyl groups excluding tert-OH is 1. The molecule has 0 aliphatic carbocycles. The number of fused-ring (bicyclic) bond motifs is 1. The van der Waals surface area contributed by atoms with Gasteiger partial charge in [0.1, 0.15) is 6.73 Å². The summed E-state index contributed by atoms with van der Waals surface area (Å²) in [5, 5.41) is 8.90. The summed E-state index contributed by atoms with van der Waals surface area (Å²) >= 11 is 0. The molecule has 2 aromatic rings. The molecule has 0 saturated carbocycles. The van der Waals surface area contributed by atoms with Gasteiger partial charge in [0.05, 0.1) is 13.2 Å². The number of hydrogen-bond acceptors (Lipinski definition) is 7. The van der Waals surface area contributed by atoms with Crippen LogP contribution in [0.4, 0.5) is 5.95 Å². The summed E-state index contributed by atoms with van der Waals surface area (Å²) in [5.74, 6) is -0.214. The van der Waals surface area contributed by atoms with E-state index in [9.17, 15) is 9.59 Å². The maximum absolute atomic E-state index is 13.0. The minimum atomic E-state index is -0.500. The number of aliphatic hydroxyl groups is 1. The number of nitrogens with zero attached hydrogens (tertiary/aromatic N) is 3. The Balaban J connectivity index is 2.52. The van der Waals surface area contributed by atoms with E-state index in [2.05, 4.69) is 15.0 Å². The van der Waals surface area contributed by atoms with Crippen LogP contribution in [0.2, 0.25) is 0 Å². The number of rotatable bonds is 10. The van der Waals surface area contributed by atoms with Crippen LogP contribution < -0.4 is 11.3 Å². The fourth-order valence-corrected chi connectivity index (χ4v) is 2.84. The van der Waals surface area contributed by atoms with Crippen molar-refractivity contribution in [1.29, 1.82) is 0 Å². The smallest absolute Gasteiger partial charge is 0.280 e. The Hall–Kier alpha value is -2.26. The van der Waals surface area contributed by atoms with Gasteiger partial charge in [0.2, 0.25) is 11.7 Å². The van der Waals surface area contributed by atoms with Gasteiger partial charge in [-0.25, -0.2) is 4.98 Å². The second kappa shape index (κ2) is 8.72. The van der Waals surface area contributed by atoms with Crippen LogP contribution in [0, 0.1) is 5.92 Å². The van der Waals surface area contributed by atoms with Crippen molar-refractivity contribution >= 4 is 22.9 Å². The lowest BCUT2D eigenvalue weighted by Gasteiger charge is -2.15. The lowest BCUT2D eigenvalue weighted by Crippen LogP contribution is -2.21. The summed E-state index contributed by atoms with van der Waals surface area (Å²) in [5.41, 5.74) is 5.37. The minimum absolute atomic E-state index is 0.0427. The lowest BCUT2D eigenvalue weighted by molar-refractivity contribution is 0.0474. The van der Waals surface area contributed by atoms with Crippen molar-refractivity contribution in [2.45, 2.75) is 46.3 Å². The lowest BCUT2D eigenvalue weighted by atomic mass is 9.93. The van der Waals surface area contributed by atoms with Gasteiger partial charge in [-0.2, -0.15) is 4.98 Å². The first-order chi connectivity index (χ1) is 12.0. The summed E-state index contributed by atoms with van der Waals surface area (Å²) in [6, 6.07) is 0. The zero-order valence-corrected chi connectivity index (χ0v) is 14.6. The van der Waals surface area contributed by atoms with Gasteiger partial charge in [0, 0.05) is 5.92 Å². The number of anilines is 1. The predicted molar refractivity (Wildman–Crippen MR) is 93.2 cm³/mol. The highest BCUT2D eigenvalue weighted by Gasteiger charge is 2.26. The van der Waals surface area contributed by atoms with E-state index < -0.39 is 5.56 Å². The van der Waals surface area contributed by atoms with Crippen LogP contribution >= 0.6 is 0 Å².